The van der Waals surface area contributed by atoms with Gasteiger partial charge >= 0.3 is 0 Å². The van der Waals surface area contributed by atoms with Gasteiger partial charge < -0.3 is 11.1 Å². The van der Waals surface area contributed by atoms with Crippen molar-refractivity contribution >= 4 is 46.6 Å². The molecule has 1 aromatic rings. The van der Waals surface area contributed by atoms with Crippen molar-refractivity contribution in [2.75, 3.05) is 5.32 Å². The number of nitrogens with two attached hydrogens (primary N) is 1. The van der Waals surface area contributed by atoms with Crippen LogP contribution >= 0.6 is 35.0 Å². The van der Waals surface area contributed by atoms with E-state index in [1.165, 1.54) is 0 Å². The monoisotopic (exact) mass is 368 g/mol. The van der Waals surface area contributed by atoms with Crippen LogP contribution in [0.3, 0.4) is 0 Å². The molecule has 96 valence electrons. The zero-order chi connectivity index (χ0) is 12.1. The van der Waals surface area contributed by atoms with Crippen molar-refractivity contribution in [2.45, 2.75) is 26.3 Å². The van der Waals surface area contributed by atoms with Crippen molar-refractivity contribution in [3.05, 3.63) is 27.8 Å². The predicted molar refractivity (Wildman–Crippen MR) is 82.5 cm³/mol. The second-order valence-corrected chi connectivity index (χ2v) is 5.48. The molecule has 0 spiro atoms. The Morgan fingerprint density at radius 1 is 1.47 bits per heavy atom. The third-order valence-electron chi connectivity index (χ3n) is 2.15. The quantitative estimate of drug-likeness (QED) is 0.803. The molecule has 0 aliphatic heterocycles. The summed E-state index contributed by atoms with van der Waals surface area (Å²) in [6.45, 7) is 4.11. The molecule has 1 amide bonds. The van der Waals surface area contributed by atoms with Crippen molar-refractivity contribution in [1.29, 1.82) is 0 Å². The molecule has 1 aromatic carbocycles. The normalized spacial score (nSPS) is 11.8. The van der Waals surface area contributed by atoms with Crippen molar-refractivity contribution in [2.24, 2.45) is 11.7 Å². The van der Waals surface area contributed by atoms with E-state index in [1.807, 2.05) is 24.3 Å². The Labute approximate surface area is 122 Å². The van der Waals surface area contributed by atoms with E-state index in [-0.39, 0.29) is 18.3 Å². The van der Waals surface area contributed by atoms with E-state index >= 15 is 0 Å². The fourth-order valence-corrected chi connectivity index (χ4v) is 1.96. The summed E-state index contributed by atoms with van der Waals surface area (Å²) in [7, 11) is 0. The van der Waals surface area contributed by atoms with Crippen LogP contribution in [-0.2, 0) is 4.79 Å². The van der Waals surface area contributed by atoms with Crippen molar-refractivity contribution in [1.82, 2.24) is 0 Å². The molecule has 0 aliphatic carbocycles. The molecule has 3 N–H and O–H groups in total. The SMILES string of the molecule is CC(C)C[C@H](N)C(=O)Nc1cccc(I)c1.Cl. The number of rotatable bonds is 4. The summed E-state index contributed by atoms with van der Waals surface area (Å²) in [4.78, 5) is 11.7. The summed E-state index contributed by atoms with van der Waals surface area (Å²) in [5.74, 6) is 0.312. The summed E-state index contributed by atoms with van der Waals surface area (Å²) >= 11 is 2.21. The summed E-state index contributed by atoms with van der Waals surface area (Å²) in [6, 6.07) is 7.23. The molecule has 3 nitrogen and oxygen atoms in total. The molecule has 0 saturated carbocycles. The summed E-state index contributed by atoms with van der Waals surface area (Å²) < 4.78 is 1.09. The molecule has 17 heavy (non-hydrogen) atoms. The van der Waals surface area contributed by atoms with Gasteiger partial charge in [-0.05, 0) is 53.1 Å². The van der Waals surface area contributed by atoms with Crippen LogP contribution in [0.5, 0.6) is 0 Å². The number of hydrogen-bond acceptors (Lipinski definition) is 2. The molecule has 1 atom stereocenters. The highest BCUT2D eigenvalue weighted by atomic mass is 127. The fraction of sp³-hybridized carbons (Fsp3) is 0.417. The number of halogens is 2. The topological polar surface area (TPSA) is 55.1 Å². The van der Waals surface area contributed by atoms with Gasteiger partial charge in [-0.15, -0.1) is 12.4 Å². The average Bonchev–Trinajstić information content (AvgIpc) is 2.16. The Morgan fingerprint density at radius 3 is 2.65 bits per heavy atom. The number of carbonyl (C=O) groups excluding carboxylic acids is 1. The minimum absolute atomic E-state index is 0. The van der Waals surface area contributed by atoms with Gasteiger partial charge in [0.05, 0.1) is 6.04 Å². The Kier molecular flexibility index (Phi) is 7.74. The molecular formula is C12H18ClIN2O. The zero-order valence-electron chi connectivity index (χ0n) is 9.94. The molecular weight excluding hydrogens is 351 g/mol. The lowest BCUT2D eigenvalue weighted by Crippen LogP contribution is -2.36. The maximum absolute atomic E-state index is 11.7. The molecule has 0 heterocycles. The molecule has 0 radical (unpaired) electrons. The third kappa shape index (κ3) is 6.24. The second kappa shape index (κ2) is 7.89. The summed E-state index contributed by atoms with van der Waals surface area (Å²) in [6.07, 6.45) is 0.704. The predicted octanol–water partition coefficient (Wildman–Crippen LogP) is 3.02. The Bertz CT molecular complexity index is 371. The molecule has 0 unspecified atom stereocenters. The molecule has 1 rings (SSSR count). The van der Waals surface area contributed by atoms with Gasteiger partial charge in [-0.2, -0.15) is 0 Å². The standard InChI is InChI=1S/C12H17IN2O.ClH/c1-8(2)6-11(14)12(16)15-10-5-3-4-9(13)7-10;/h3-5,7-8,11H,6,14H2,1-2H3,(H,15,16);1H/t11-;/m0./s1. The van der Waals surface area contributed by atoms with Crippen LogP contribution in [0, 0.1) is 9.49 Å². The number of benzene rings is 1. The zero-order valence-corrected chi connectivity index (χ0v) is 12.9. The maximum Gasteiger partial charge on any atom is 0.241 e. The molecule has 0 fully saturated rings. The van der Waals surface area contributed by atoms with Gasteiger partial charge in [-0.1, -0.05) is 19.9 Å². The number of carbonyl (C=O) groups is 1. The van der Waals surface area contributed by atoms with Crippen molar-refractivity contribution in [3.63, 3.8) is 0 Å². The van der Waals surface area contributed by atoms with Gasteiger partial charge in [0.25, 0.3) is 0 Å². The molecule has 5 heteroatoms. The summed E-state index contributed by atoms with van der Waals surface area (Å²) in [5.41, 5.74) is 6.59. The highest BCUT2D eigenvalue weighted by Gasteiger charge is 2.14. The van der Waals surface area contributed by atoms with Gasteiger partial charge in [0.1, 0.15) is 0 Å². The minimum Gasteiger partial charge on any atom is -0.325 e. The van der Waals surface area contributed by atoms with E-state index in [0.717, 1.165) is 9.26 Å². The van der Waals surface area contributed by atoms with Crippen LogP contribution in [0.15, 0.2) is 24.3 Å². The molecule has 0 saturated heterocycles. The van der Waals surface area contributed by atoms with E-state index in [9.17, 15) is 4.79 Å². The lowest BCUT2D eigenvalue weighted by molar-refractivity contribution is -0.117. The van der Waals surface area contributed by atoms with E-state index in [0.29, 0.717) is 12.3 Å². The largest absolute Gasteiger partial charge is 0.325 e. The van der Waals surface area contributed by atoms with Gasteiger partial charge in [0.15, 0.2) is 0 Å². The lowest BCUT2D eigenvalue weighted by Gasteiger charge is -2.14. The first-order valence-corrected chi connectivity index (χ1v) is 6.39. The molecule has 0 aliphatic rings. The van der Waals surface area contributed by atoms with E-state index < -0.39 is 6.04 Å². The van der Waals surface area contributed by atoms with Crippen LogP contribution in [-0.4, -0.2) is 11.9 Å². The number of hydrogen-bond donors (Lipinski definition) is 2. The first-order chi connectivity index (χ1) is 7.49. The minimum atomic E-state index is -0.433. The Morgan fingerprint density at radius 2 is 2.12 bits per heavy atom. The van der Waals surface area contributed by atoms with Gasteiger partial charge in [0.2, 0.25) is 5.91 Å². The maximum atomic E-state index is 11.7. The Balaban J connectivity index is 0.00000256. The average molecular weight is 369 g/mol. The highest BCUT2D eigenvalue weighted by Crippen LogP contribution is 2.13. The van der Waals surface area contributed by atoms with E-state index in [1.54, 1.807) is 0 Å². The van der Waals surface area contributed by atoms with E-state index in [4.69, 9.17) is 5.73 Å². The van der Waals surface area contributed by atoms with E-state index in [2.05, 4.69) is 41.8 Å². The van der Waals surface area contributed by atoms with Crippen LogP contribution in [0.1, 0.15) is 20.3 Å². The Hall–Kier alpha value is -0.330. The van der Waals surface area contributed by atoms with Gasteiger partial charge in [-0.25, -0.2) is 0 Å². The number of anilines is 1. The number of nitrogens with one attached hydrogen (secondary N) is 1. The highest BCUT2D eigenvalue weighted by molar-refractivity contribution is 14.1. The van der Waals surface area contributed by atoms with Gasteiger partial charge in [0, 0.05) is 9.26 Å². The van der Waals surface area contributed by atoms with Crippen LogP contribution < -0.4 is 11.1 Å². The number of amides is 1. The lowest BCUT2D eigenvalue weighted by atomic mass is 10.0. The third-order valence-corrected chi connectivity index (χ3v) is 2.83. The van der Waals surface area contributed by atoms with Gasteiger partial charge in [-0.3, -0.25) is 4.79 Å². The van der Waals surface area contributed by atoms with Crippen molar-refractivity contribution in [3.8, 4) is 0 Å². The van der Waals surface area contributed by atoms with Crippen LogP contribution in [0.4, 0.5) is 5.69 Å². The van der Waals surface area contributed by atoms with Crippen LogP contribution in [0.25, 0.3) is 0 Å². The fourth-order valence-electron chi connectivity index (χ4n) is 1.42. The first-order valence-electron chi connectivity index (χ1n) is 5.31. The summed E-state index contributed by atoms with van der Waals surface area (Å²) in [5, 5.41) is 2.82. The van der Waals surface area contributed by atoms with Crippen molar-refractivity contribution < 1.29 is 4.79 Å². The molecule has 0 bridgehead atoms. The second-order valence-electron chi connectivity index (χ2n) is 4.24. The molecule has 0 aromatic heterocycles. The smallest absolute Gasteiger partial charge is 0.241 e. The van der Waals surface area contributed by atoms with Crippen LogP contribution in [0.2, 0.25) is 0 Å². The first kappa shape index (κ1) is 16.7.